The molecule has 1 atom stereocenters. The van der Waals surface area contributed by atoms with Gasteiger partial charge in [0.2, 0.25) is 11.8 Å². The fraction of sp³-hybridized carbons (Fsp3) is 0.257. The fourth-order valence-electron chi connectivity index (χ4n) is 5.61. The molecule has 0 bridgehead atoms. The van der Waals surface area contributed by atoms with Crippen LogP contribution in [0.25, 0.3) is 0 Å². The number of anilines is 1. The molecule has 0 spiro atoms. The van der Waals surface area contributed by atoms with Crippen LogP contribution in [0.15, 0.2) is 114 Å². The quantitative estimate of drug-likeness (QED) is 0.179. The number of sulfonamides is 1. The summed E-state index contributed by atoms with van der Waals surface area (Å²) in [5.41, 5.74) is 1.73. The Morgan fingerprint density at radius 3 is 2.13 bits per heavy atom. The van der Waals surface area contributed by atoms with E-state index in [1.165, 1.54) is 23.1 Å². The number of hydrogen-bond acceptors (Lipinski definition) is 4. The Morgan fingerprint density at radius 1 is 0.822 bits per heavy atom. The third kappa shape index (κ3) is 8.25. The van der Waals surface area contributed by atoms with Crippen molar-refractivity contribution in [1.29, 1.82) is 0 Å². The first kappa shape index (κ1) is 32.5. The topological polar surface area (TPSA) is 86.8 Å². The van der Waals surface area contributed by atoms with E-state index in [0.717, 1.165) is 35.6 Å². The Hall–Kier alpha value is -3.85. The van der Waals surface area contributed by atoms with Gasteiger partial charge in [0.15, 0.2) is 0 Å². The molecular formula is C35H35Cl2N3O4S. The number of hydrogen-bond donors (Lipinski definition) is 1. The zero-order valence-electron chi connectivity index (χ0n) is 24.7. The maximum Gasteiger partial charge on any atom is 0.264 e. The highest BCUT2D eigenvalue weighted by molar-refractivity contribution is 7.92. The molecule has 4 aromatic rings. The molecule has 2 amide bonds. The van der Waals surface area contributed by atoms with E-state index in [2.05, 4.69) is 5.32 Å². The highest BCUT2D eigenvalue weighted by Crippen LogP contribution is 2.28. The number of nitrogens with zero attached hydrogens (tertiary/aromatic N) is 2. The molecule has 5 rings (SSSR count). The summed E-state index contributed by atoms with van der Waals surface area (Å²) in [6.07, 6.45) is 4.05. The molecule has 7 nitrogen and oxygen atoms in total. The fourth-order valence-corrected chi connectivity index (χ4v) is 7.42. The molecule has 1 N–H and O–H groups in total. The highest BCUT2D eigenvalue weighted by Gasteiger charge is 2.35. The molecule has 1 fully saturated rings. The van der Waals surface area contributed by atoms with Gasteiger partial charge in [-0.05, 0) is 60.4 Å². The van der Waals surface area contributed by atoms with E-state index < -0.39 is 28.5 Å². The van der Waals surface area contributed by atoms with E-state index in [0.29, 0.717) is 15.6 Å². The molecule has 1 saturated carbocycles. The van der Waals surface area contributed by atoms with E-state index in [4.69, 9.17) is 23.2 Å². The molecule has 0 aromatic heterocycles. The second kappa shape index (κ2) is 15.0. The van der Waals surface area contributed by atoms with Gasteiger partial charge < -0.3 is 10.2 Å². The SMILES string of the molecule is O=C(NC1CCCC1)[C@H](Cc1ccccc1)N(Cc1ccccc1Cl)C(=O)CN(c1cccc(Cl)c1)S(=O)(=O)c1ccccc1. The van der Waals surface area contributed by atoms with Crippen molar-refractivity contribution in [1.82, 2.24) is 10.2 Å². The summed E-state index contributed by atoms with van der Waals surface area (Å²) in [7, 11) is -4.20. The first-order valence-corrected chi connectivity index (χ1v) is 17.1. The minimum atomic E-state index is -4.20. The predicted octanol–water partition coefficient (Wildman–Crippen LogP) is 6.89. The van der Waals surface area contributed by atoms with Crippen LogP contribution in [0.1, 0.15) is 36.8 Å². The lowest BCUT2D eigenvalue weighted by Crippen LogP contribution is -2.54. The molecule has 10 heteroatoms. The van der Waals surface area contributed by atoms with Crippen LogP contribution < -0.4 is 9.62 Å². The van der Waals surface area contributed by atoms with Crippen molar-refractivity contribution < 1.29 is 18.0 Å². The average molecular weight is 665 g/mol. The van der Waals surface area contributed by atoms with E-state index in [1.807, 2.05) is 36.4 Å². The molecule has 0 aliphatic heterocycles. The summed E-state index contributed by atoms with van der Waals surface area (Å²) in [5.74, 6) is -0.844. The third-order valence-electron chi connectivity index (χ3n) is 7.98. The summed E-state index contributed by atoms with van der Waals surface area (Å²) < 4.78 is 29.1. The van der Waals surface area contributed by atoms with E-state index in [1.54, 1.807) is 54.6 Å². The summed E-state index contributed by atoms with van der Waals surface area (Å²) in [6, 6.07) is 30.0. The third-order valence-corrected chi connectivity index (χ3v) is 10.4. The Morgan fingerprint density at radius 2 is 1.47 bits per heavy atom. The second-order valence-corrected chi connectivity index (χ2v) is 13.8. The van der Waals surface area contributed by atoms with Gasteiger partial charge >= 0.3 is 0 Å². The largest absolute Gasteiger partial charge is 0.352 e. The average Bonchev–Trinajstić information content (AvgIpc) is 3.56. The second-order valence-electron chi connectivity index (χ2n) is 11.1. The van der Waals surface area contributed by atoms with Crippen molar-refractivity contribution in [3.63, 3.8) is 0 Å². The number of amides is 2. The van der Waals surface area contributed by atoms with Crippen molar-refractivity contribution in [2.75, 3.05) is 10.8 Å². The zero-order chi connectivity index (χ0) is 31.8. The molecule has 0 unspecified atom stereocenters. The standard InChI is InChI=1S/C35H35Cl2N3O4S/c36-28-15-11-18-30(23-28)40(45(43,44)31-19-5-2-6-20-31)25-34(41)39(24-27-14-7-10-21-32(27)37)33(22-26-12-3-1-4-13-26)35(42)38-29-16-8-9-17-29/h1-7,10-15,18-21,23,29,33H,8-9,16-17,22,24-25H2,(H,38,42)/t33-/m0/s1. The Labute approximate surface area is 274 Å². The normalized spacial score (nSPS) is 14.1. The van der Waals surface area contributed by atoms with Crippen LogP contribution in [-0.2, 0) is 32.6 Å². The van der Waals surface area contributed by atoms with Crippen LogP contribution >= 0.6 is 23.2 Å². The van der Waals surface area contributed by atoms with Gasteiger partial charge in [0.1, 0.15) is 12.6 Å². The number of benzene rings is 4. The molecular weight excluding hydrogens is 629 g/mol. The van der Waals surface area contributed by atoms with Crippen LogP contribution in [0.3, 0.4) is 0 Å². The van der Waals surface area contributed by atoms with Gasteiger partial charge in [0, 0.05) is 29.1 Å². The number of rotatable bonds is 12. The van der Waals surface area contributed by atoms with E-state index >= 15 is 0 Å². The van der Waals surface area contributed by atoms with Gasteiger partial charge in [0.05, 0.1) is 10.6 Å². The van der Waals surface area contributed by atoms with Crippen LogP contribution in [0, 0.1) is 0 Å². The Balaban J connectivity index is 1.57. The Kier molecular flexibility index (Phi) is 10.8. The molecule has 234 valence electrons. The highest BCUT2D eigenvalue weighted by atomic mass is 35.5. The predicted molar refractivity (Wildman–Crippen MR) is 179 cm³/mol. The smallest absolute Gasteiger partial charge is 0.264 e. The van der Waals surface area contributed by atoms with Crippen LogP contribution in [0.4, 0.5) is 5.69 Å². The van der Waals surface area contributed by atoms with Gasteiger partial charge in [-0.15, -0.1) is 0 Å². The Bertz CT molecular complexity index is 1720. The van der Waals surface area contributed by atoms with Crippen LogP contribution in [-0.4, -0.2) is 43.8 Å². The summed E-state index contributed by atoms with van der Waals surface area (Å²) >= 11 is 12.9. The molecule has 0 heterocycles. The zero-order valence-corrected chi connectivity index (χ0v) is 27.0. The van der Waals surface area contributed by atoms with Gasteiger partial charge in [-0.1, -0.05) is 109 Å². The van der Waals surface area contributed by atoms with Crippen LogP contribution in [0.2, 0.25) is 10.0 Å². The van der Waals surface area contributed by atoms with Gasteiger partial charge in [0.25, 0.3) is 10.0 Å². The molecule has 1 aliphatic carbocycles. The van der Waals surface area contributed by atoms with Crippen molar-refractivity contribution in [2.45, 2.75) is 55.6 Å². The van der Waals surface area contributed by atoms with Crippen molar-refractivity contribution in [2.24, 2.45) is 0 Å². The minimum Gasteiger partial charge on any atom is -0.352 e. The number of carbonyl (C=O) groups is 2. The minimum absolute atomic E-state index is 0.00284. The number of nitrogens with one attached hydrogen (secondary N) is 1. The summed E-state index contributed by atoms with van der Waals surface area (Å²) in [4.78, 5) is 30.1. The molecule has 0 saturated heterocycles. The van der Waals surface area contributed by atoms with E-state index in [-0.39, 0.29) is 35.5 Å². The number of carbonyl (C=O) groups excluding carboxylic acids is 2. The first-order valence-electron chi connectivity index (χ1n) is 14.9. The first-order chi connectivity index (χ1) is 21.7. The lowest BCUT2D eigenvalue weighted by molar-refractivity contribution is -0.140. The van der Waals surface area contributed by atoms with Gasteiger partial charge in [-0.25, -0.2) is 8.42 Å². The van der Waals surface area contributed by atoms with Gasteiger partial charge in [-0.2, -0.15) is 0 Å². The van der Waals surface area contributed by atoms with Crippen molar-refractivity contribution in [3.8, 4) is 0 Å². The lowest BCUT2D eigenvalue weighted by atomic mass is 10.0. The van der Waals surface area contributed by atoms with Crippen molar-refractivity contribution in [3.05, 3.63) is 130 Å². The summed E-state index contributed by atoms with van der Waals surface area (Å²) in [5, 5.41) is 3.93. The summed E-state index contributed by atoms with van der Waals surface area (Å²) in [6.45, 7) is -0.563. The number of halogens is 2. The van der Waals surface area contributed by atoms with Crippen LogP contribution in [0.5, 0.6) is 0 Å². The lowest BCUT2D eigenvalue weighted by Gasteiger charge is -2.34. The molecule has 1 aliphatic rings. The monoisotopic (exact) mass is 663 g/mol. The maximum atomic E-state index is 14.5. The van der Waals surface area contributed by atoms with Crippen molar-refractivity contribution >= 4 is 50.7 Å². The van der Waals surface area contributed by atoms with E-state index in [9.17, 15) is 18.0 Å². The molecule has 4 aromatic carbocycles. The molecule has 45 heavy (non-hydrogen) atoms. The van der Waals surface area contributed by atoms with Gasteiger partial charge in [-0.3, -0.25) is 13.9 Å². The molecule has 0 radical (unpaired) electrons. The maximum absolute atomic E-state index is 14.5.